The standard InChI is InChI=1S/C14H25N3O4/c1-3-4-10(13(19)20)7-16-14(21)17-8-11(12(15)18)6-5-9(17)2/h9-11H,3-8H2,1-2H3,(H2,15,18)(H,16,21)(H,19,20). The number of nitrogens with zero attached hydrogens (tertiary/aromatic N) is 1. The molecule has 21 heavy (non-hydrogen) atoms. The Morgan fingerprint density at radius 3 is 2.57 bits per heavy atom. The number of carboxylic acids is 1. The largest absolute Gasteiger partial charge is 0.481 e. The highest BCUT2D eigenvalue weighted by Gasteiger charge is 2.32. The third-order valence-corrected chi connectivity index (χ3v) is 4.03. The highest BCUT2D eigenvalue weighted by atomic mass is 16.4. The predicted octanol–water partition coefficient (Wildman–Crippen LogP) is 0.783. The zero-order chi connectivity index (χ0) is 16.0. The van der Waals surface area contributed by atoms with E-state index < -0.39 is 17.8 Å². The van der Waals surface area contributed by atoms with E-state index >= 15 is 0 Å². The van der Waals surface area contributed by atoms with Crippen molar-refractivity contribution < 1.29 is 19.5 Å². The summed E-state index contributed by atoms with van der Waals surface area (Å²) in [5.41, 5.74) is 5.30. The molecular formula is C14H25N3O4. The first-order valence-electron chi connectivity index (χ1n) is 7.43. The lowest BCUT2D eigenvalue weighted by molar-refractivity contribution is -0.141. The van der Waals surface area contributed by atoms with Crippen LogP contribution in [0.3, 0.4) is 0 Å². The summed E-state index contributed by atoms with van der Waals surface area (Å²) in [6.45, 7) is 4.22. The van der Waals surface area contributed by atoms with E-state index in [9.17, 15) is 14.4 Å². The molecule has 0 aliphatic carbocycles. The molecule has 1 heterocycles. The van der Waals surface area contributed by atoms with E-state index in [2.05, 4.69) is 5.32 Å². The maximum absolute atomic E-state index is 12.2. The maximum atomic E-state index is 12.2. The molecule has 1 rings (SSSR count). The number of hydrogen-bond acceptors (Lipinski definition) is 3. The molecular weight excluding hydrogens is 274 g/mol. The molecule has 1 saturated heterocycles. The Morgan fingerprint density at radius 2 is 2.05 bits per heavy atom. The first-order valence-corrected chi connectivity index (χ1v) is 7.43. The van der Waals surface area contributed by atoms with Gasteiger partial charge in [0.15, 0.2) is 0 Å². The minimum atomic E-state index is -0.904. The van der Waals surface area contributed by atoms with Crippen LogP contribution in [0, 0.1) is 11.8 Å². The second kappa shape index (κ2) is 7.85. The summed E-state index contributed by atoms with van der Waals surface area (Å²) in [6.07, 6.45) is 2.68. The summed E-state index contributed by atoms with van der Waals surface area (Å²) in [5.74, 6) is -2.20. The third kappa shape index (κ3) is 4.91. The first-order chi connectivity index (χ1) is 9.86. The smallest absolute Gasteiger partial charge is 0.317 e. The van der Waals surface area contributed by atoms with Crippen molar-refractivity contribution in [2.24, 2.45) is 17.6 Å². The number of urea groups is 1. The highest BCUT2D eigenvalue weighted by molar-refractivity contribution is 5.80. The van der Waals surface area contributed by atoms with Gasteiger partial charge in [-0.25, -0.2) is 4.79 Å². The fourth-order valence-electron chi connectivity index (χ4n) is 2.60. The summed E-state index contributed by atoms with van der Waals surface area (Å²) < 4.78 is 0. The number of carbonyl (C=O) groups is 3. The van der Waals surface area contributed by atoms with Gasteiger partial charge >= 0.3 is 12.0 Å². The number of piperidine rings is 1. The van der Waals surface area contributed by atoms with E-state index in [1.807, 2.05) is 13.8 Å². The molecule has 4 N–H and O–H groups in total. The molecule has 1 aliphatic rings. The SMILES string of the molecule is CCCC(CNC(=O)N1CC(C(N)=O)CCC1C)C(=O)O. The van der Waals surface area contributed by atoms with Crippen LogP contribution >= 0.6 is 0 Å². The first kappa shape index (κ1) is 17.3. The molecule has 120 valence electrons. The number of carboxylic acid groups (broad SMARTS) is 1. The molecule has 7 nitrogen and oxygen atoms in total. The Balaban J connectivity index is 2.56. The third-order valence-electron chi connectivity index (χ3n) is 4.03. The zero-order valence-electron chi connectivity index (χ0n) is 12.7. The highest BCUT2D eigenvalue weighted by Crippen LogP contribution is 2.21. The maximum Gasteiger partial charge on any atom is 0.317 e. The van der Waals surface area contributed by atoms with Crippen molar-refractivity contribution >= 4 is 17.9 Å². The average Bonchev–Trinajstić information content (AvgIpc) is 2.42. The molecule has 0 aromatic carbocycles. The number of aliphatic carboxylic acids is 1. The number of carbonyl (C=O) groups excluding carboxylic acids is 2. The molecule has 0 saturated carbocycles. The van der Waals surface area contributed by atoms with Gasteiger partial charge in [0.05, 0.1) is 11.8 Å². The van der Waals surface area contributed by atoms with Gasteiger partial charge < -0.3 is 21.1 Å². The van der Waals surface area contributed by atoms with Crippen molar-refractivity contribution in [3.63, 3.8) is 0 Å². The molecule has 0 spiro atoms. The summed E-state index contributed by atoms with van der Waals surface area (Å²) in [4.78, 5) is 36.1. The van der Waals surface area contributed by atoms with Gasteiger partial charge in [-0.1, -0.05) is 13.3 Å². The van der Waals surface area contributed by atoms with E-state index in [0.29, 0.717) is 19.4 Å². The van der Waals surface area contributed by atoms with Crippen molar-refractivity contribution in [2.75, 3.05) is 13.1 Å². The molecule has 1 aliphatic heterocycles. The Morgan fingerprint density at radius 1 is 1.38 bits per heavy atom. The number of primary amides is 1. The van der Waals surface area contributed by atoms with Crippen molar-refractivity contribution in [2.45, 2.75) is 45.6 Å². The van der Waals surface area contributed by atoms with Gasteiger partial charge in [0.1, 0.15) is 0 Å². The number of rotatable bonds is 6. The minimum Gasteiger partial charge on any atom is -0.481 e. The zero-order valence-corrected chi connectivity index (χ0v) is 12.7. The van der Waals surface area contributed by atoms with E-state index in [1.165, 1.54) is 0 Å². The van der Waals surface area contributed by atoms with Crippen LogP contribution < -0.4 is 11.1 Å². The summed E-state index contributed by atoms with van der Waals surface area (Å²) >= 11 is 0. The van der Waals surface area contributed by atoms with Crippen LogP contribution in [0.25, 0.3) is 0 Å². The van der Waals surface area contributed by atoms with Crippen molar-refractivity contribution in [3.05, 3.63) is 0 Å². The minimum absolute atomic E-state index is 0.0232. The van der Waals surface area contributed by atoms with E-state index in [1.54, 1.807) is 4.90 Å². The molecule has 0 aromatic rings. The Bertz CT molecular complexity index is 400. The van der Waals surface area contributed by atoms with Gasteiger partial charge in [-0.15, -0.1) is 0 Å². The Hall–Kier alpha value is -1.79. The quantitative estimate of drug-likeness (QED) is 0.672. The number of amides is 3. The van der Waals surface area contributed by atoms with Crippen LogP contribution in [0.2, 0.25) is 0 Å². The van der Waals surface area contributed by atoms with Crippen molar-refractivity contribution in [3.8, 4) is 0 Å². The molecule has 0 radical (unpaired) electrons. The van der Waals surface area contributed by atoms with Gasteiger partial charge in [0.2, 0.25) is 5.91 Å². The Kier molecular flexibility index (Phi) is 6.45. The van der Waals surface area contributed by atoms with Crippen LogP contribution in [0.15, 0.2) is 0 Å². The lowest BCUT2D eigenvalue weighted by Gasteiger charge is -2.37. The Labute approximate surface area is 124 Å². The average molecular weight is 299 g/mol. The molecule has 7 heteroatoms. The lowest BCUT2D eigenvalue weighted by Crippen LogP contribution is -2.53. The molecule has 3 atom stereocenters. The number of hydrogen-bond donors (Lipinski definition) is 3. The van der Waals surface area contributed by atoms with Gasteiger partial charge in [0.25, 0.3) is 0 Å². The van der Waals surface area contributed by atoms with Gasteiger partial charge in [-0.2, -0.15) is 0 Å². The molecule has 3 unspecified atom stereocenters. The van der Waals surface area contributed by atoms with Crippen LogP contribution in [0.5, 0.6) is 0 Å². The lowest BCUT2D eigenvalue weighted by atomic mass is 9.93. The number of nitrogens with one attached hydrogen (secondary N) is 1. The number of likely N-dealkylation sites (tertiary alicyclic amines) is 1. The molecule has 0 bridgehead atoms. The fourth-order valence-corrected chi connectivity index (χ4v) is 2.60. The van der Waals surface area contributed by atoms with Crippen molar-refractivity contribution in [1.29, 1.82) is 0 Å². The van der Waals surface area contributed by atoms with E-state index in [0.717, 1.165) is 12.8 Å². The van der Waals surface area contributed by atoms with Crippen LogP contribution in [-0.4, -0.2) is 47.0 Å². The predicted molar refractivity (Wildman–Crippen MR) is 77.5 cm³/mol. The van der Waals surface area contributed by atoms with Crippen LogP contribution in [-0.2, 0) is 9.59 Å². The van der Waals surface area contributed by atoms with Gasteiger partial charge in [-0.3, -0.25) is 9.59 Å². The summed E-state index contributed by atoms with van der Waals surface area (Å²) in [7, 11) is 0. The van der Waals surface area contributed by atoms with E-state index in [4.69, 9.17) is 10.8 Å². The number of nitrogens with two attached hydrogens (primary N) is 1. The molecule has 3 amide bonds. The second-order valence-corrected chi connectivity index (χ2v) is 5.69. The topological polar surface area (TPSA) is 113 Å². The monoisotopic (exact) mass is 299 g/mol. The molecule has 0 aromatic heterocycles. The summed E-state index contributed by atoms with van der Waals surface area (Å²) in [5, 5.41) is 11.7. The fraction of sp³-hybridized carbons (Fsp3) is 0.786. The van der Waals surface area contributed by atoms with Crippen LogP contribution in [0.4, 0.5) is 4.79 Å². The van der Waals surface area contributed by atoms with Crippen molar-refractivity contribution in [1.82, 2.24) is 10.2 Å². The molecule has 1 fully saturated rings. The van der Waals surface area contributed by atoms with E-state index in [-0.39, 0.29) is 24.5 Å². The van der Waals surface area contributed by atoms with Gasteiger partial charge in [0, 0.05) is 19.1 Å². The second-order valence-electron chi connectivity index (χ2n) is 5.69. The summed E-state index contributed by atoms with van der Waals surface area (Å²) in [6, 6.07) is -0.300. The van der Waals surface area contributed by atoms with Crippen LogP contribution in [0.1, 0.15) is 39.5 Å². The normalized spacial score (nSPS) is 23.4. The van der Waals surface area contributed by atoms with Gasteiger partial charge in [-0.05, 0) is 26.2 Å².